The number of rotatable bonds is 3. The van der Waals surface area contributed by atoms with Crippen molar-refractivity contribution in [3.8, 4) is 0 Å². The minimum Gasteiger partial charge on any atom is -0.342 e. The zero-order valence-electron chi connectivity index (χ0n) is 12.8. The second-order valence-electron chi connectivity index (χ2n) is 7.07. The summed E-state index contributed by atoms with van der Waals surface area (Å²) < 4.78 is 61.4. The van der Waals surface area contributed by atoms with E-state index in [1.54, 1.807) is 0 Å². The van der Waals surface area contributed by atoms with E-state index in [4.69, 9.17) is 0 Å². The van der Waals surface area contributed by atoms with E-state index in [9.17, 15) is 26.4 Å². The molecule has 2 saturated heterocycles. The Bertz CT molecular complexity index is 579. The number of halogens is 3. The zero-order valence-corrected chi connectivity index (χ0v) is 13.6. The van der Waals surface area contributed by atoms with Crippen LogP contribution in [0.4, 0.5) is 13.2 Å². The summed E-state index contributed by atoms with van der Waals surface area (Å²) in [5, 5.41) is 0. The average molecular weight is 354 g/mol. The van der Waals surface area contributed by atoms with Gasteiger partial charge in [-0.2, -0.15) is 17.5 Å². The van der Waals surface area contributed by atoms with Crippen molar-refractivity contribution >= 4 is 15.9 Å². The second-order valence-corrected chi connectivity index (χ2v) is 9.00. The normalized spacial score (nSPS) is 26.7. The van der Waals surface area contributed by atoms with Gasteiger partial charge in [-0.25, -0.2) is 8.42 Å². The quantitative estimate of drug-likeness (QED) is 0.778. The number of piperidine rings is 2. The zero-order chi connectivity index (χ0) is 16.9. The summed E-state index contributed by atoms with van der Waals surface area (Å²) in [6.07, 6.45) is 4.10. The lowest BCUT2D eigenvalue weighted by Crippen LogP contribution is -2.54. The molecular formula is C14H21F3N2O3S. The van der Waals surface area contributed by atoms with Crippen LogP contribution in [0, 0.1) is 11.3 Å². The van der Waals surface area contributed by atoms with Gasteiger partial charge in [-0.05, 0) is 43.4 Å². The van der Waals surface area contributed by atoms with Gasteiger partial charge >= 0.3 is 15.5 Å². The first-order valence-corrected chi connectivity index (χ1v) is 9.41. The number of sulfonamides is 1. The van der Waals surface area contributed by atoms with Crippen LogP contribution in [0.1, 0.15) is 38.5 Å². The molecule has 1 amide bonds. The number of carbonyl (C=O) groups is 1. The molecule has 5 nitrogen and oxygen atoms in total. The Morgan fingerprint density at radius 3 is 2.26 bits per heavy atom. The van der Waals surface area contributed by atoms with Gasteiger partial charge in [0.15, 0.2) is 0 Å². The van der Waals surface area contributed by atoms with Gasteiger partial charge in [0, 0.05) is 32.6 Å². The second kappa shape index (κ2) is 5.61. The SMILES string of the molecule is O=C1CCC2(CCN(S(=O)(=O)C(F)(F)F)CC2)CN1CC1CC1. The van der Waals surface area contributed by atoms with Crippen molar-refractivity contribution in [2.45, 2.75) is 44.0 Å². The van der Waals surface area contributed by atoms with Gasteiger partial charge in [0.2, 0.25) is 5.91 Å². The van der Waals surface area contributed by atoms with Crippen LogP contribution in [0.25, 0.3) is 0 Å². The van der Waals surface area contributed by atoms with E-state index in [1.807, 2.05) is 4.90 Å². The maximum absolute atomic E-state index is 12.6. The highest BCUT2D eigenvalue weighted by molar-refractivity contribution is 7.90. The number of amides is 1. The minimum absolute atomic E-state index is 0.118. The van der Waals surface area contributed by atoms with E-state index in [1.165, 1.54) is 0 Å². The average Bonchev–Trinajstić information content (AvgIpc) is 3.27. The van der Waals surface area contributed by atoms with Crippen molar-refractivity contribution in [3.05, 3.63) is 0 Å². The molecule has 2 heterocycles. The Morgan fingerprint density at radius 1 is 1.13 bits per heavy atom. The summed E-state index contributed by atoms with van der Waals surface area (Å²) in [5.41, 5.74) is -5.46. The molecule has 2 aliphatic heterocycles. The van der Waals surface area contributed by atoms with Crippen LogP contribution in [-0.4, -0.2) is 55.2 Å². The highest BCUT2D eigenvalue weighted by atomic mass is 32.2. The maximum atomic E-state index is 12.6. The highest BCUT2D eigenvalue weighted by Crippen LogP contribution is 2.43. The van der Waals surface area contributed by atoms with Crippen LogP contribution in [0.3, 0.4) is 0 Å². The lowest BCUT2D eigenvalue weighted by atomic mass is 9.72. The molecule has 23 heavy (non-hydrogen) atoms. The first-order chi connectivity index (χ1) is 10.6. The summed E-state index contributed by atoms with van der Waals surface area (Å²) >= 11 is 0. The van der Waals surface area contributed by atoms with Crippen molar-refractivity contribution in [1.29, 1.82) is 0 Å². The van der Waals surface area contributed by atoms with E-state index in [0.717, 1.165) is 19.4 Å². The summed E-state index contributed by atoms with van der Waals surface area (Å²) in [7, 11) is -5.24. The first kappa shape index (κ1) is 17.0. The minimum atomic E-state index is -5.24. The Morgan fingerprint density at radius 2 is 1.74 bits per heavy atom. The van der Waals surface area contributed by atoms with Gasteiger partial charge in [0.1, 0.15) is 0 Å². The standard InChI is InChI=1S/C14H21F3N2O3S/c15-14(16,17)23(21,22)19-7-5-13(6-8-19)4-3-12(20)18(10-13)9-11-1-2-11/h11H,1-10H2. The van der Waals surface area contributed by atoms with Gasteiger partial charge in [-0.3, -0.25) is 4.79 Å². The molecular weight excluding hydrogens is 333 g/mol. The molecule has 3 fully saturated rings. The van der Waals surface area contributed by atoms with E-state index < -0.39 is 15.5 Å². The van der Waals surface area contributed by atoms with Gasteiger partial charge in [-0.1, -0.05) is 0 Å². The van der Waals surface area contributed by atoms with Crippen molar-refractivity contribution in [2.75, 3.05) is 26.2 Å². The summed E-state index contributed by atoms with van der Waals surface area (Å²) in [5.74, 6) is 0.688. The molecule has 0 radical (unpaired) electrons. The van der Waals surface area contributed by atoms with Crippen molar-refractivity contribution in [3.63, 3.8) is 0 Å². The van der Waals surface area contributed by atoms with E-state index in [0.29, 0.717) is 42.5 Å². The Hall–Kier alpha value is -0.830. The molecule has 132 valence electrons. The van der Waals surface area contributed by atoms with E-state index in [-0.39, 0.29) is 24.4 Å². The largest absolute Gasteiger partial charge is 0.511 e. The molecule has 3 rings (SSSR count). The monoisotopic (exact) mass is 354 g/mol. The maximum Gasteiger partial charge on any atom is 0.511 e. The Kier molecular flexibility index (Phi) is 4.15. The van der Waals surface area contributed by atoms with Crippen molar-refractivity contribution in [1.82, 2.24) is 9.21 Å². The van der Waals surface area contributed by atoms with Crippen LogP contribution >= 0.6 is 0 Å². The number of alkyl halides is 3. The number of likely N-dealkylation sites (tertiary alicyclic amines) is 1. The summed E-state index contributed by atoms with van der Waals surface area (Å²) in [6.45, 7) is 1.06. The fourth-order valence-electron chi connectivity index (χ4n) is 3.64. The molecule has 0 aromatic rings. The molecule has 0 N–H and O–H groups in total. The Balaban J connectivity index is 1.64. The third kappa shape index (κ3) is 3.35. The topological polar surface area (TPSA) is 57.7 Å². The molecule has 0 unspecified atom stereocenters. The predicted octanol–water partition coefficient (Wildman–Crippen LogP) is 1.95. The summed E-state index contributed by atoms with van der Waals surface area (Å²) in [4.78, 5) is 13.9. The number of hydrogen-bond donors (Lipinski definition) is 0. The number of hydrogen-bond acceptors (Lipinski definition) is 3. The third-order valence-corrected chi connectivity index (χ3v) is 6.97. The molecule has 1 saturated carbocycles. The molecule has 1 spiro atoms. The number of carbonyl (C=O) groups excluding carboxylic acids is 1. The molecule has 1 aliphatic carbocycles. The van der Waals surface area contributed by atoms with Crippen LogP contribution in [0.5, 0.6) is 0 Å². The highest BCUT2D eigenvalue weighted by Gasteiger charge is 2.52. The fraction of sp³-hybridized carbons (Fsp3) is 0.929. The van der Waals surface area contributed by atoms with E-state index in [2.05, 4.69) is 0 Å². The van der Waals surface area contributed by atoms with Crippen LogP contribution in [-0.2, 0) is 14.8 Å². The van der Waals surface area contributed by atoms with Crippen molar-refractivity contribution < 1.29 is 26.4 Å². The summed E-state index contributed by atoms with van der Waals surface area (Å²) in [6, 6.07) is 0. The lowest BCUT2D eigenvalue weighted by Gasteiger charge is -2.47. The van der Waals surface area contributed by atoms with Gasteiger partial charge in [0.25, 0.3) is 0 Å². The van der Waals surface area contributed by atoms with Crippen LogP contribution in [0.2, 0.25) is 0 Å². The fourth-order valence-corrected chi connectivity index (χ4v) is 4.59. The van der Waals surface area contributed by atoms with Gasteiger partial charge in [0.05, 0.1) is 0 Å². The van der Waals surface area contributed by atoms with Crippen LogP contribution < -0.4 is 0 Å². The Labute approximate surface area is 133 Å². The molecule has 3 aliphatic rings. The predicted molar refractivity (Wildman–Crippen MR) is 76.8 cm³/mol. The smallest absolute Gasteiger partial charge is 0.342 e. The van der Waals surface area contributed by atoms with Gasteiger partial charge < -0.3 is 4.90 Å². The molecule has 0 atom stereocenters. The lowest BCUT2D eigenvalue weighted by molar-refractivity contribution is -0.139. The van der Waals surface area contributed by atoms with Crippen LogP contribution in [0.15, 0.2) is 0 Å². The van der Waals surface area contributed by atoms with E-state index >= 15 is 0 Å². The molecule has 0 aromatic carbocycles. The molecule has 0 bridgehead atoms. The molecule has 0 aromatic heterocycles. The number of nitrogens with zero attached hydrogens (tertiary/aromatic N) is 2. The third-order valence-electron chi connectivity index (χ3n) is 5.34. The molecule has 9 heteroatoms. The first-order valence-electron chi connectivity index (χ1n) is 7.97. The van der Waals surface area contributed by atoms with Crippen molar-refractivity contribution in [2.24, 2.45) is 11.3 Å². The van der Waals surface area contributed by atoms with Gasteiger partial charge in [-0.15, -0.1) is 0 Å².